The van der Waals surface area contributed by atoms with Crippen LogP contribution < -0.4 is 5.32 Å². The predicted octanol–water partition coefficient (Wildman–Crippen LogP) is 0.833. The van der Waals surface area contributed by atoms with Crippen molar-refractivity contribution in [3.63, 3.8) is 0 Å². The number of aliphatic hydroxyl groups is 1. The number of aryl methyl sites for hydroxylation is 1. The predicted molar refractivity (Wildman–Crippen MR) is 87.6 cm³/mol. The summed E-state index contributed by atoms with van der Waals surface area (Å²) in [4.78, 5) is 27.9. The highest BCUT2D eigenvalue weighted by Gasteiger charge is 2.26. The van der Waals surface area contributed by atoms with Crippen LogP contribution in [0.25, 0.3) is 0 Å². The van der Waals surface area contributed by atoms with Crippen LogP contribution in [0.3, 0.4) is 0 Å². The van der Waals surface area contributed by atoms with Crippen LogP contribution in [0, 0.1) is 6.92 Å². The zero-order valence-electron chi connectivity index (χ0n) is 12.5. The molecular formula is C15H20BrN3O3. The molecular weight excluding hydrogens is 350 g/mol. The van der Waals surface area contributed by atoms with Gasteiger partial charge in [0.1, 0.15) is 0 Å². The van der Waals surface area contributed by atoms with Gasteiger partial charge in [-0.3, -0.25) is 14.5 Å². The summed E-state index contributed by atoms with van der Waals surface area (Å²) in [5.74, 6) is -1.12. The van der Waals surface area contributed by atoms with Crippen molar-refractivity contribution in [3.05, 3.63) is 28.2 Å². The Hall–Kier alpha value is -1.44. The lowest BCUT2D eigenvalue weighted by Crippen LogP contribution is -2.52. The molecule has 0 atom stereocenters. The van der Waals surface area contributed by atoms with Gasteiger partial charge >= 0.3 is 11.8 Å². The van der Waals surface area contributed by atoms with Gasteiger partial charge in [0.2, 0.25) is 0 Å². The van der Waals surface area contributed by atoms with E-state index >= 15 is 0 Å². The Morgan fingerprint density at radius 2 is 1.95 bits per heavy atom. The summed E-state index contributed by atoms with van der Waals surface area (Å²) in [6.45, 7) is 4.95. The van der Waals surface area contributed by atoms with Crippen molar-refractivity contribution in [2.45, 2.75) is 6.92 Å². The number of piperazine rings is 1. The van der Waals surface area contributed by atoms with Crippen molar-refractivity contribution in [2.24, 2.45) is 0 Å². The van der Waals surface area contributed by atoms with E-state index in [4.69, 9.17) is 5.11 Å². The zero-order chi connectivity index (χ0) is 16.1. The number of β-amino-alcohol motifs (C(OH)–C–C–N with tert-alkyl or cyclic N) is 1. The number of benzene rings is 1. The first-order valence-corrected chi connectivity index (χ1v) is 8.00. The molecule has 0 radical (unpaired) electrons. The topological polar surface area (TPSA) is 72.9 Å². The van der Waals surface area contributed by atoms with Crippen LogP contribution in [0.4, 0.5) is 5.69 Å². The molecule has 0 aliphatic carbocycles. The number of anilines is 1. The highest BCUT2D eigenvalue weighted by atomic mass is 79.9. The van der Waals surface area contributed by atoms with E-state index < -0.39 is 11.8 Å². The number of halogens is 1. The summed E-state index contributed by atoms with van der Waals surface area (Å²) in [6.07, 6.45) is 0. The van der Waals surface area contributed by atoms with Crippen LogP contribution in [0.2, 0.25) is 0 Å². The van der Waals surface area contributed by atoms with Gasteiger partial charge in [0.05, 0.1) is 6.61 Å². The maximum absolute atomic E-state index is 12.2. The zero-order valence-corrected chi connectivity index (χ0v) is 14.1. The Morgan fingerprint density at radius 1 is 1.27 bits per heavy atom. The third-order valence-corrected chi connectivity index (χ3v) is 4.20. The summed E-state index contributed by atoms with van der Waals surface area (Å²) in [6, 6.07) is 5.47. The SMILES string of the molecule is Cc1cc(Br)ccc1NC(=O)C(=O)N1CCN(CCO)CC1. The van der Waals surface area contributed by atoms with Gasteiger partial charge in [-0.05, 0) is 30.7 Å². The molecule has 2 rings (SSSR count). The van der Waals surface area contributed by atoms with E-state index in [1.54, 1.807) is 11.0 Å². The van der Waals surface area contributed by atoms with E-state index in [1.807, 2.05) is 19.1 Å². The summed E-state index contributed by atoms with van der Waals surface area (Å²) < 4.78 is 0.925. The molecule has 1 fully saturated rings. The summed E-state index contributed by atoms with van der Waals surface area (Å²) >= 11 is 3.36. The molecule has 1 heterocycles. The molecule has 1 saturated heterocycles. The average molecular weight is 370 g/mol. The summed E-state index contributed by atoms with van der Waals surface area (Å²) in [5, 5.41) is 11.6. The van der Waals surface area contributed by atoms with E-state index in [1.165, 1.54) is 0 Å². The number of amides is 2. The number of aliphatic hydroxyl groups excluding tert-OH is 1. The molecule has 7 heteroatoms. The number of hydrogen-bond acceptors (Lipinski definition) is 4. The standard InChI is InChI=1S/C15H20BrN3O3/c1-11-10-12(16)2-3-13(11)17-14(21)15(22)19-6-4-18(5-7-19)8-9-20/h2-3,10,20H,4-9H2,1H3,(H,17,21). The molecule has 0 aromatic heterocycles. The van der Waals surface area contributed by atoms with Crippen molar-refractivity contribution in [1.82, 2.24) is 9.80 Å². The largest absolute Gasteiger partial charge is 0.395 e. The van der Waals surface area contributed by atoms with Crippen molar-refractivity contribution in [1.29, 1.82) is 0 Å². The normalized spacial score (nSPS) is 15.7. The molecule has 0 bridgehead atoms. The van der Waals surface area contributed by atoms with E-state index in [0.29, 0.717) is 38.4 Å². The van der Waals surface area contributed by atoms with Gasteiger partial charge in [-0.25, -0.2) is 0 Å². The van der Waals surface area contributed by atoms with Crippen molar-refractivity contribution in [2.75, 3.05) is 44.6 Å². The molecule has 2 amide bonds. The number of nitrogens with zero attached hydrogens (tertiary/aromatic N) is 2. The van der Waals surface area contributed by atoms with Gasteiger partial charge in [0.25, 0.3) is 0 Å². The van der Waals surface area contributed by atoms with Crippen molar-refractivity contribution in [3.8, 4) is 0 Å². The molecule has 0 unspecified atom stereocenters. The lowest BCUT2D eigenvalue weighted by molar-refractivity contribution is -0.144. The number of rotatable bonds is 3. The highest BCUT2D eigenvalue weighted by molar-refractivity contribution is 9.10. The van der Waals surface area contributed by atoms with Crippen LogP contribution in [0.5, 0.6) is 0 Å². The molecule has 0 spiro atoms. The summed E-state index contributed by atoms with van der Waals surface area (Å²) in [5.41, 5.74) is 1.53. The van der Waals surface area contributed by atoms with Crippen LogP contribution in [-0.4, -0.2) is 66.1 Å². The molecule has 1 aliphatic rings. The fraction of sp³-hybridized carbons (Fsp3) is 0.467. The first kappa shape index (κ1) is 16.9. The second-order valence-corrected chi connectivity index (χ2v) is 6.19. The fourth-order valence-corrected chi connectivity index (χ4v) is 2.88. The number of nitrogens with one attached hydrogen (secondary N) is 1. The van der Waals surface area contributed by atoms with E-state index in [-0.39, 0.29) is 6.61 Å². The molecule has 1 aromatic carbocycles. The van der Waals surface area contributed by atoms with Crippen LogP contribution in [-0.2, 0) is 9.59 Å². The van der Waals surface area contributed by atoms with Gasteiger partial charge in [0.15, 0.2) is 0 Å². The number of carbonyl (C=O) groups excluding carboxylic acids is 2. The van der Waals surface area contributed by atoms with E-state index in [0.717, 1.165) is 10.0 Å². The van der Waals surface area contributed by atoms with Gasteiger partial charge < -0.3 is 15.3 Å². The minimum absolute atomic E-state index is 0.108. The molecule has 120 valence electrons. The Morgan fingerprint density at radius 3 is 2.55 bits per heavy atom. The van der Waals surface area contributed by atoms with Gasteiger partial charge in [-0.2, -0.15) is 0 Å². The Labute approximate surface area is 138 Å². The van der Waals surface area contributed by atoms with E-state index in [2.05, 4.69) is 26.1 Å². The highest BCUT2D eigenvalue weighted by Crippen LogP contribution is 2.20. The lowest BCUT2D eigenvalue weighted by atomic mass is 10.2. The first-order chi connectivity index (χ1) is 10.5. The molecule has 22 heavy (non-hydrogen) atoms. The fourth-order valence-electron chi connectivity index (χ4n) is 2.40. The Bertz CT molecular complexity index is 557. The average Bonchev–Trinajstić information content (AvgIpc) is 2.50. The minimum Gasteiger partial charge on any atom is -0.395 e. The third-order valence-electron chi connectivity index (χ3n) is 3.71. The van der Waals surface area contributed by atoms with Crippen molar-refractivity contribution < 1.29 is 14.7 Å². The number of hydrogen-bond donors (Lipinski definition) is 2. The van der Waals surface area contributed by atoms with Crippen LogP contribution >= 0.6 is 15.9 Å². The summed E-state index contributed by atoms with van der Waals surface area (Å²) in [7, 11) is 0. The number of carbonyl (C=O) groups is 2. The van der Waals surface area contributed by atoms with Gasteiger partial charge in [0, 0.05) is 42.9 Å². The van der Waals surface area contributed by atoms with Gasteiger partial charge in [-0.1, -0.05) is 15.9 Å². The smallest absolute Gasteiger partial charge is 0.313 e. The molecule has 0 saturated carbocycles. The molecule has 6 nitrogen and oxygen atoms in total. The molecule has 1 aromatic rings. The monoisotopic (exact) mass is 369 g/mol. The maximum Gasteiger partial charge on any atom is 0.313 e. The molecule has 2 N–H and O–H groups in total. The minimum atomic E-state index is -0.610. The van der Waals surface area contributed by atoms with Crippen LogP contribution in [0.1, 0.15) is 5.56 Å². The molecule has 1 aliphatic heterocycles. The maximum atomic E-state index is 12.2. The first-order valence-electron chi connectivity index (χ1n) is 7.21. The van der Waals surface area contributed by atoms with Crippen LogP contribution in [0.15, 0.2) is 22.7 Å². The second-order valence-electron chi connectivity index (χ2n) is 5.27. The Balaban J connectivity index is 1.91. The third kappa shape index (κ3) is 4.28. The van der Waals surface area contributed by atoms with E-state index in [9.17, 15) is 9.59 Å². The second kappa shape index (κ2) is 7.71. The van der Waals surface area contributed by atoms with Crippen molar-refractivity contribution >= 4 is 33.4 Å². The lowest BCUT2D eigenvalue weighted by Gasteiger charge is -2.33. The quantitative estimate of drug-likeness (QED) is 0.774. The Kier molecular flexibility index (Phi) is 5.93. The van der Waals surface area contributed by atoms with Gasteiger partial charge in [-0.15, -0.1) is 0 Å².